The summed E-state index contributed by atoms with van der Waals surface area (Å²) in [7, 11) is 0. The molecule has 72 valence electrons. The normalized spacial score (nSPS) is 18.8. The van der Waals surface area contributed by atoms with E-state index >= 15 is 0 Å². The zero-order chi connectivity index (χ0) is 8.65. The molecule has 1 rings (SSSR count). The summed E-state index contributed by atoms with van der Waals surface area (Å²) in [6.45, 7) is 2.43. The molecule has 0 heterocycles. The number of rotatable bonds is 6. The number of aliphatic hydroxyl groups excluding tert-OH is 1. The Balaban J connectivity index is 1.81. The van der Waals surface area contributed by atoms with Crippen LogP contribution in [-0.2, 0) is 0 Å². The molecule has 0 saturated heterocycles. The summed E-state index contributed by atoms with van der Waals surface area (Å²) < 4.78 is 0. The van der Waals surface area contributed by atoms with Crippen molar-refractivity contribution in [3.05, 3.63) is 0 Å². The zero-order valence-corrected chi connectivity index (χ0v) is 7.89. The highest BCUT2D eigenvalue weighted by Gasteiger charge is 2.13. The quantitative estimate of drug-likeness (QED) is 0.594. The Labute approximate surface area is 75.4 Å². The fraction of sp³-hybridized carbons (Fsp3) is 1.00. The van der Waals surface area contributed by atoms with Gasteiger partial charge in [0.15, 0.2) is 0 Å². The van der Waals surface area contributed by atoms with Gasteiger partial charge in [0.1, 0.15) is 0 Å². The van der Waals surface area contributed by atoms with Crippen molar-refractivity contribution in [1.82, 2.24) is 5.32 Å². The average Bonchev–Trinajstić information content (AvgIpc) is 2.57. The van der Waals surface area contributed by atoms with E-state index < -0.39 is 0 Å². The Bertz CT molecular complexity index is 100. The van der Waals surface area contributed by atoms with Crippen LogP contribution in [0.25, 0.3) is 0 Å². The van der Waals surface area contributed by atoms with E-state index in [0.29, 0.717) is 6.61 Å². The van der Waals surface area contributed by atoms with Gasteiger partial charge in [-0.05, 0) is 31.8 Å². The predicted molar refractivity (Wildman–Crippen MR) is 51.1 cm³/mol. The van der Waals surface area contributed by atoms with E-state index in [9.17, 15) is 0 Å². The molecule has 0 radical (unpaired) electrons. The molecule has 1 saturated carbocycles. The van der Waals surface area contributed by atoms with Crippen LogP contribution in [0.15, 0.2) is 0 Å². The summed E-state index contributed by atoms with van der Waals surface area (Å²) in [4.78, 5) is 0. The van der Waals surface area contributed by atoms with Crippen LogP contribution < -0.4 is 5.32 Å². The molecule has 1 fully saturated rings. The number of hydrogen-bond acceptors (Lipinski definition) is 2. The molecule has 0 aliphatic heterocycles. The van der Waals surface area contributed by atoms with Crippen molar-refractivity contribution in [3.63, 3.8) is 0 Å². The SMILES string of the molecule is OCCCNCCC1CCCC1. The second kappa shape index (κ2) is 6.44. The third-order valence-electron chi connectivity index (χ3n) is 2.72. The van der Waals surface area contributed by atoms with Gasteiger partial charge in [-0.15, -0.1) is 0 Å². The molecule has 0 aromatic rings. The molecule has 0 bridgehead atoms. The first-order valence-corrected chi connectivity index (χ1v) is 5.25. The van der Waals surface area contributed by atoms with Crippen molar-refractivity contribution >= 4 is 0 Å². The fourth-order valence-electron chi connectivity index (χ4n) is 1.93. The number of nitrogens with one attached hydrogen (secondary N) is 1. The first-order valence-electron chi connectivity index (χ1n) is 5.25. The zero-order valence-electron chi connectivity index (χ0n) is 7.89. The van der Waals surface area contributed by atoms with Crippen LogP contribution in [0, 0.1) is 5.92 Å². The lowest BCUT2D eigenvalue weighted by Gasteiger charge is -2.08. The molecule has 2 N–H and O–H groups in total. The van der Waals surface area contributed by atoms with Gasteiger partial charge < -0.3 is 10.4 Å². The van der Waals surface area contributed by atoms with E-state index in [1.807, 2.05) is 0 Å². The summed E-state index contributed by atoms with van der Waals surface area (Å²) in [6, 6.07) is 0. The minimum Gasteiger partial charge on any atom is -0.396 e. The number of hydrogen-bond donors (Lipinski definition) is 2. The number of aliphatic hydroxyl groups is 1. The van der Waals surface area contributed by atoms with Crippen LogP contribution in [-0.4, -0.2) is 24.8 Å². The van der Waals surface area contributed by atoms with Crippen LogP contribution in [0.1, 0.15) is 38.5 Å². The lowest BCUT2D eigenvalue weighted by atomic mass is 10.0. The Kier molecular flexibility index (Phi) is 5.37. The van der Waals surface area contributed by atoms with Crippen molar-refractivity contribution in [3.8, 4) is 0 Å². The highest BCUT2D eigenvalue weighted by atomic mass is 16.3. The smallest absolute Gasteiger partial charge is 0.0443 e. The lowest BCUT2D eigenvalue weighted by Crippen LogP contribution is -2.19. The van der Waals surface area contributed by atoms with Crippen LogP contribution in [0.5, 0.6) is 0 Å². The molecule has 0 unspecified atom stereocenters. The largest absolute Gasteiger partial charge is 0.396 e. The van der Waals surface area contributed by atoms with Crippen LogP contribution in [0.2, 0.25) is 0 Å². The van der Waals surface area contributed by atoms with Crippen LogP contribution in [0.4, 0.5) is 0 Å². The summed E-state index contributed by atoms with van der Waals surface area (Å²) in [5.41, 5.74) is 0. The van der Waals surface area contributed by atoms with Gasteiger partial charge in [0, 0.05) is 6.61 Å². The molecule has 2 nitrogen and oxygen atoms in total. The van der Waals surface area contributed by atoms with Gasteiger partial charge in [0.25, 0.3) is 0 Å². The van der Waals surface area contributed by atoms with Gasteiger partial charge in [0.05, 0.1) is 0 Å². The van der Waals surface area contributed by atoms with E-state index in [0.717, 1.165) is 25.4 Å². The Morgan fingerprint density at radius 3 is 2.58 bits per heavy atom. The van der Waals surface area contributed by atoms with E-state index in [2.05, 4.69) is 5.32 Å². The second-order valence-electron chi connectivity index (χ2n) is 3.77. The van der Waals surface area contributed by atoms with E-state index in [1.54, 1.807) is 0 Å². The Morgan fingerprint density at radius 1 is 1.17 bits per heavy atom. The molecule has 1 aliphatic rings. The molecular formula is C10H21NO. The third-order valence-corrected chi connectivity index (χ3v) is 2.72. The van der Waals surface area contributed by atoms with Crippen molar-refractivity contribution in [1.29, 1.82) is 0 Å². The van der Waals surface area contributed by atoms with Gasteiger partial charge >= 0.3 is 0 Å². The highest BCUT2D eigenvalue weighted by Crippen LogP contribution is 2.26. The fourth-order valence-corrected chi connectivity index (χ4v) is 1.93. The van der Waals surface area contributed by atoms with Crippen LogP contribution in [0.3, 0.4) is 0 Å². The average molecular weight is 171 g/mol. The predicted octanol–water partition coefficient (Wildman–Crippen LogP) is 1.54. The summed E-state index contributed by atoms with van der Waals surface area (Å²) in [5, 5.41) is 11.9. The first-order chi connectivity index (χ1) is 5.93. The minimum atomic E-state index is 0.316. The van der Waals surface area contributed by atoms with E-state index in [4.69, 9.17) is 5.11 Å². The maximum Gasteiger partial charge on any atom is 0.0443 e. The molecule has 0 spiro atoms. The summed E-state index contributed by atoms with van der Waals surface area (Å²) in [6.07, 6.45) is 8.02. The second-order valence-corrected chi connectivity index (χ2v) is 3.77. The van der Waals surface area contributed by atoms with Crippen molar-refractivity contribution in [2.75, 3.05) is 19.7 Å². The van der Waals surface area contributed by atoms with Gasteiger partial charge in [-0.1, -0.05) is 25.7 Å². The van der Waals surface area contributed by atoms with E-state index in [-0.39, 0.29) is 0 Å². The maximum atomic E-state index is 8.54. The topological polar surface area (TPSA) is 32.3 Å². The monoisotopic (exact) mass is 171 g/mol. The van der Waals surface area contributed by atoms with Crippen molar-refractivity contribution in [2.45, 2.75) is 38.5 Å². The molecule has 0 atom stereocenters. The van der Waals surface area contributed by atoms with Crippen molar-refractivity contribution < 1.29 is 5.11 Å². The molecular weight excluding hydrogens is 150 g/mol. The van der Waals surface area contributed by atoms with Crippen LogP contribution >= 0.6 is 0 Å². The van der Waals surface area contributed by atoms with Gasteiger partial charge in [-0.2, -0.15) is 0 Å². The van der Waals surface area contributed by atoms with Crippen molar-refractivity contribution in [2.24, 2.45) is 5.92 Å². The molecule has 12 heavy (non-hydrogen) atoms. The Morgan fingerprint density at radius 2 is 1.92 bits per heavy atom. The Hall–Kier alpha value is -0.0800. The lowest BCUT2D eigenvalue weighted by molar-refractivity contribution is 0.285. The van der Waals surface area contributed by atoms with Gasteiger partial charge in [-0.3, -0.25) is 0 Å². The van der Waals surface area contributed by atoms with Gasteiger partial charge in [0.2, 0.25) is 0 Å². The maximum absolute atomic E-state index is 8.54. The van der Waals surface area contributed by atoms with Gasteiger partial charge in [-0.25, -0.2) is 0 Å². The molecule has 0 aromatic heterocycles. The summed E-state index contributed by atoms with van der Waals surface area (Å²) in [5.74, 6) is 0.992. The standard InChI is InChI=1S/C10H21NO/c12-9-3-7-11-8-6-10-4-1-2-5-10/h10-12H,1-9H2. The summed E-state index contributed by atoms with van der Waals surface area (Å²) >= 11 is 0. The molecule has 0 amide bonds. The molecule has 1 aliphatic carbocycles. The third kappa shape index (κ3) is 4.07. The molecule has 2 heteroatoms. The molecule has 0 aromatic carbocycles. The highest BCUT2D eigenvalue weighted by molar-refractivity contribution is 4.67. The van der Waals surface area contributed by atoms with E-state index in [1.165, 1.54) is 32.1 Å². The first kappa shape index (κ1) is 10.0. The minimum absolute atomic E-state index is 0.316.